The van der Waals surface area contributed by atoms with Gasteiger partial charge in [-0.25, -0.2) is 15.0 Å². The van der Waals surface area contributed by atoms with Crippen molar-refractivity contribution in [3.05, 3.63) is 188 Å². The summed E-state index contributed by atoms with van der Waals surface area (Å²) in [7, 11) is 0. The average molecular weight is 746 g/mol. The molecule has 0 amide bonds. The molecule has 0 radical (unpaired) electrons. The van der Waals surface area contributed by atoms with E-state index in [0.29, 0.717) is 17.5 Å². The number of benzene rings is 8. The SMILES string of the molecule is c1ccc(-c2nc(-c3ccccc3)nc(-c3cccc4c5c6c(ccc5n(-c5ccccc5)c34)sc3c(-n4c5ccccc5c5ccccc54)cccc36)n2)cc1. The molecule has 0 saturated carbocycles. The molecule has 0 atom stereocenters. The first kappa shape index (κ1) is 31.9. The molecule has 4 heterocycles. The molecule has 0 unspecified atom stereocenters. The minimum absolute atomic E-state index is 0.633. The van der Waals surface area contributed by atoms with Crippen molar-refractivity contribution in [1.82, 2.24) is 24.1 Å². The molecule has 0 aliphatic heterocycles. The van der Waals surface area contributed by atoms with E-state index in [-0.39, 0.29) is 0 Å². The zero-order valence-corrected chi connectivity index (χ0v) is 31.4. The lowest BCUT2D eigenvalue weighted by Crippen LogP contribution is -2.02. The van der Waals surface area contributed by atoms with Crippen molar-refractivity contribution in [2.75, 3.05) is 0 Å². The Kier molecular flexibility index (Phi) is 7.03. The number of aromatic nitrogens is 5. The van der Waals surface area contributed by atoms with Crippen LogP contribution in [0.15, 0.2) is 188 Å². The lowest BCUT2D eigenvalue weighted by atomic mass is 10.0. The van der Waals surface area contributed by atoms with Crippen LogP contribution in [0.1, 0.15) is 0 Å². The van der Waals surface area contributed by atoms with Gasteiger partial charge in [0, 0.05) is 59.4 Å². The Morgan fingerprint density at radius 2 is 0.912 bits per heavy atom. The Hall–Kier alpha value is -7.41. The predicted octanol–water partition coefficient (Wildman–Crippen LogP) is 13.4. The highest BCUT2D eigenvalue weighted by molar-refractivity contribution is 7.26. The summed E-state index contributed by atoms with van der Waals surface area (Å²) in [5.74, 6) is 1.92. The molecule has 0 saturated heterocycles. The van der Waals surface area contributed by atoms with Crippen LogP contribution in [0, 0.1) is 0 Å². The van der Waals surface area contributed by atoms with Crippen LogP contribution in [0.3, 0.4) is 0 Å². The fourth-order valence-corrected chi connectivity index (χ4v) is 9.96. The van der Waals surface area contributed by atoms with Gasteiger partial charge in [0.2, 0.25) is 0 Å². The maximum Gasteiger partial charge on any atom is 0.166 e. The third kappa shape index (κ3) is 4.84. The summed E-state index contributed by atoms with van der Waals surface area (Å²) in [5.41, 5.74) is 9.73. The second kappa shape index (κ2) is 12.6. The third-order valence-electron chi connectivity index (χ3n) is 11.2. The number of hydrogen-bond acceptors (Lipinski definition) is 4. The van der Waals surface area contributed by atoms with Crippen LogP contribution in [0.5, 0.6) is 0 Å². The molecule has 12 rings (SSSR count). The summed E-state index contributed by atoms with van der Waals surface area (Å²) in [4.78, 5) is 15.4. The van der Waals surface area contributed by atoms with Crippen molar-refractivity contribution < 1.29 is 0 Å². The molecule has 0 spiro atoms. The number of hydrogen-bond donors (Lipinski definition) is 0. The van der Waals surface area contributed by atoms with Crippen molar-refractivity contribution >= 4 is 75.1 Å². The lowest BCUT2D eigenvalue weighted by molar-refractivity contribution is 1.07. The quantitative estimate of drug-likeness (QED) is 0.176. The fourth-order valence-electron chi connectivity index (χ4n) is 8.74. The second-order valence-corrected chi connectivity index (χ2v) is 15.4. The monoisotopic (exact) mass is 745 g/mol. The Labute approximate surface area is 331 Å². The number of para-hydroxylation sites is 4. The molecule has 6 heteroatoms. The van der Waals surface area contributed by atoms with Crippen molar-refractivity contribution in [2.24, 2.45) is 0 Å². The van der Waals surface area contributed by atoms with Gasteiger partial charge in [-0.05, 0) is 48.5 Å². The van der Waals surface area contributed by atoms with E-state index >= 15 is 0 Å². The van der Waals surface area contributed by atoms with E-state index in [0.717, 1.165) is 38.8 Å². The molecule has 266 valence electrons. The van der Waals surface area contributed by atoms with Crippen molar-refractivity contribution in [3.8, 4) is 45.5 Å². The molecule has 57 heavy (non-hydrogen) atoms. The maximum absolute atomic E-state index is 5.21. The highest BCUT2D eigenvalue weighted by Crippen LogP contribution is 2.47. The van der Waals surface area contributed by atoms with E-state index in [1.807, 2.05) is 47.7 Å². The van der Waals surface area contributed by atoms with Crippen LogP contribution in [0.4, 0.5) is 0 Å². The first-order valence-corrected chi connectivity index (χ1v) is 19.9. The Morgan fingerprint density at radius 1 is 0.368 bits per heavy atom. The summed E-state index contributed by atoms with van der Waals surface area (Å²) >= 11 is 1.87. The summed E-state index contributed by atoms with van der Waals surface area (Å²) in [6.07, 6.45) is 0. The van der Waals surface area contributed by atoms with Crippen molar-refractivity contribution in [2.45, 2.75) is 0 Å². The topological polar surface area (TPSA) is 48.5 Å². The van der Waals surface area contributed by atoms with Crippen LogP contribution >= 0.6 is 11.3 Å². The minimum atomic E-state index is 0.633. The molecule has 0 N–H and O–H groups in total. The molecule has 0 fully saturated rings. The van der Waals surface area contributed by atoms with Gasteiger partial charge in [-0.15, -0.1) is 11.3 Å². The van der Waals surface area contributed by atoms with Gasteiger partial charge >= 0.3 is 0 Å². The van der Waals surface area contributed by atoms with Crippen LogP contribution in [0.2, 0.25) is 0 Å². The molecule has 5 nitrogen and oxygen atoms in total. The summed E-state index contributed by atoms with van der Waals surface area (Å²) in [6, 6.07) is 66.5. The number of rotatable bonds is 5. The van der Waals surface area contributed by atoms with Crippen LogP contribution < -0.4 is 0 Å². The molecule has 12 aromatic rings. The van der Waals surface area contributed by atoms with E-state index in [4.69, 9.17) is 15.0 Å². The normalized spacial score (nSPS) is 11.9. The molecule has 0 aliphatic carbocycles. The smallest absolute Gasteiger partial charge is 0.166 e. The Morgan fingerprint density at radius 3 is 1.58 bits per heavy atom. The average Bonchev–Trinajstić information content (AvgIpc) is 3.95. The predicted molar refractivity (Wildman–Crippen MR) is 238 cm³/mol. The molecule has 8 aromatic carbocycles. The summed E-state index contributed by atoms with van der Waals surface area (Å²) in [6.45, 7) is 0. The van der Waals surface area contributed by atoms with E-state index in [2.05, 4.69) is 161 Å². The molecule has 0 aliphatic rings. The van der Waals surface area contributed by atoms with Crippen LogP contribution in [0.25, 0.3) is 109 Å². The Balaban J connectivity index is 1.19. The number of nitrogens with zero attached hydrogens (tertiary/aromatic N) is 5. The molecule has 4 aromatic heterocycles. The summed E-state index contributed by atoms with van der Waals surface area (Å²) in [5, 5.41) is 7.40. The standard InChI is InChI=1S/C51H31N5S/c1-4-16-32(17-5-1)49-52-50(33-18-6-2-7-19-33)54-51(53-49)39-26-14-24-37-45-42(55(47(37)39)34-20-8-3-9-21-34)30-31-44-46(45)38-25-15-29-43(48(38)57-44)56-40-27-12-10-22-35(40)36-23-11-13-28-41(36)56/h1-31H. The van der Waals surface area contributed by atoms with Crippen molar-refractivity contribution in [3.63, 3.8) is 0 Å². The molecular formula is C51H31N5S. The van der Waals surface area contributed by atoms with Gasteiger partial charge in [-0.2, -0.15) is 0 Å². The van der Waals surface area contributed by atoms with E-state index in [1.54, 1.807) is 0 Å². The van der Waals surface area contributed by atoms with E-state index in [1.165, 1.54) is 53.1 Å². The van der Waals surface area contributed by atoms with Gasteiger partial charge in [0.15, 0.2) is 17.5 Å². The van der Waals surface area contributed by atoms with Gasteiger partial charge in [-0.1, -0.05) is 140 Å². The summed E-state index contributed by atoms with van der Waals surface area (Å²) < 4.78 is 7.36. The highest BCUT2D eigenvalue weighted by Gasteiger charge is 2.24. The van der Waals surface area contributed by atoms with Crippen LogP contribution in [-0.2, 0) is 0 Å². The molecule has 0 bridgehead atoms. The minimum Gasteiger partial charge on any atom is -0.308 e. The van der Waals surface area contributed by atoms with Crippen molar-refractivity contribution in [1.29, 1.82) is 0 Å². The largest absolute Gasteiger partial charge is 0.308 e. The number of thiophene rings is 1. The van der Waals surface area contributed by atoms with E-state index in [9.17, 15) is 0 Å². The fraction of sp³-hybridized carbons (Fsp3) is 0. The van der Waals surface area contributed by atoms with Gasteiger partial charge in [-0.3, -0.25) is 0 Å². The zero-order valence-electron chi connectivity index (χ0n) is 30.5. The van der Waals surface area contributed by atoms with Gasteiger partial charge < -0.3 is 9.13 Å². The van der Waals surface area contributed by atoms with Crippen LogP contribution in [-0.4, -0.2) is 24.1 Å². The Bertz CT molecular complexity index is 3400. The molecular weight excluding hydrogens is 715 g/mol. The number of fused-ring (bicyclic) bond motifs is 10. The highest BCUT2D eigenvalue weighted by atomic mass is 32.1. The first-order valence-electron chi connectivity index (χ1n) is 19.1. The third-order valence-corrected chi connectivity index (χ3v) is 12.4. The van der Waals surface area contributed by atoms with Gasteiger partial charge in [0.1, 0.15) is 0 Å². The van der Waals surface area contributed by atoms with Gasteiger partial charge in [0.05, 0.1) is 32.5 Å². The zero-order chi connectivity index (χ0) is 37.5. The first-order chi connectivity index (χ1) is 28.3. The lowest BCUT2D eigenvalue weighted by Gasteiger charge is -2.12. The second-order valence-electron chi connectivity index (χ2n) is 14.4. The maximum atomic E-state index is 5.21. The van der Waals surface area contributed by atoms with Gasteiger partial charge in [0.25, 0.3) is 0 Å². The van der Waals surface area contributed by atoms with E-state index < -0.39 is 0 Å².